The first-order valence-corrected chi connectivity index (χ1v) is 5.94. The molecule has 0 bridgehead atoms. The van der Waals surface area contributed by atoms with Gasteiger partial charge >= 0.3 is 5.69 Å². The lowest BCUT2D eigenvalue weighted by Crippen LogP contribution is -2.00. The number of ether oxygens (including phenoxy) is 1. The molecule has 0 unspecified atom stereocenters. The van der Waals surface area contributed by atoms with Crippen LogP contribution in [-0.4, -0.2) is 12.0 Å². The first-order chi connectivity index (χ1) is 9.52. The molecular weight excluding hydrogens is 287 g/mol. The number of hydrogen-bond donors (Lipinski definition) is 1. The maximum Gasteiger partial charge on any atom is 0.327 e. The highest BCUT2D eigenvalue weighted by Crippen LogP contribution is 2.34. The number of anilines is 2. The van der Waals surface area contributed by atoms with Gasteiger partial charge < -0.3 is 10.1 Å². The molecule has 0 spiro atoms. The van der Waals surface area contributed by atoms with Gasteiger partial charge in [-0.2, -0.15) is 4.39 Å². The molecule has 2 rings (SSSR count). The molecule has 0 heterocycles. The summed E-state index contributed by atoms with van der Waals surface area (Å²) >= 11 is 5.99. The molecule has 0 saturated heterocycles. The standard InChI is InChI=1S/C13H10ClFN2O3/c1-20-8-5-6-9(14)12(7-8)16-11-4-2-3-10(15)13(11)17(18)19/h2-7,16H,1H3. The number of methoxy groups -OCH3 is 1. The average Bonchev–Trinajstić information content (AvgIpc) is 2.41. The quantitative estimate of drug-likeness (QED) is 0.680. The van der Waals surface area contributed by atoms with Gasteiger partial charge in [-0.3, -0.25) is 10.1 Å². The van der Waals surface area contributed by atoms with Gasteiger partial charge in [0.25, 0.3) is 0 Å². The summed E-state index contributed by atoms with van der Waals surface area (Å²) in [6.45, 7) is 0. The van der Waals surface area contributed by atoms with Crippen molar-refractivity contribution in [1.29, 1.82) is 0 Å². The molecule has 2 aromatic carbocycles. The summed E-state index contributed by atoms with van der Waals surface area (Å²) in [6.07, 6.45) is 0. The predicted molar refractivity (Wildman–Crippen MR) is 74.3 cm³/mol. The molecule has 0 saturated carbocycles. The second kappa shape index (κ2) is 5.75. The van der Waals surface area contributed by atoms with Crippen molar-refractivity contribution >= 4 is 28.7 Å². The summed E-state index contributed by atoms with van der Waals surface area (Å²) < 4.78 is 18.6. The molecular formula is C13H10ClFN2O3. The summed E-state index contributed by atoms with van der Waals surface area (Å²) in [4.78, 5) is 10.1. The highest BCUT2D eigenvalue weighted by atomic mass is 35.5. The number of nitrogens with one attached hydrogen (secondary N) is 1. The van der Waals surface area contributed by atoms with Crippen LogP contribution in [0.25, 0.3) is 0 Å². The molecule has 7 heteroatoms. The third-order valence-electron chi connectivity index (χ3n) is 2.61. The Labute approximate surface area is 119 Å². The Balaban J connectivity index is 2.45. The molecule has 0 aromatic heterocycles. The van der Waals surface area contributed by atoms with Gasteiger partial charge in [0, 0.05) is 6.07 Å². The molecule has 0 aliphatic rings. The van der Waals surface area contributed by atoms with Crippen LogP contribution in [0.15, 0.2) is 36.4 Å². The SMILES string of the molecule is COc1ccc(Cl)c(Nc2cccc(F)c2[N+](=O)[O-])c1. The van der Waals surface area contributed by atoms with Crippen LogP contribution in [0.1, 0.15) is 0 Å². The minimum Gasteiger partial charge on any atom is -0.497 e. The summed E-state index contributed by atoms with van der Waals surface area (Å²) in [5.74, 6) is -0.394. The second-order valence-corrected chi connectivity index (χ2v) is 4.27. The van der Waals surface area contributed by atoms with Crippen LogP contribution in [0, 0.1) is 15.9 Å². The molecule has 2 aromatic rings. The molecule has 20 heavy (non-hydrogen) atoms. The Bertz CT molecular complexity index is 664. The first-order valence-electron chi connectivity index (χ1n) is 5.56. The van der Waals surface area contributed by atoms with Crippen LogP contribution >= 0.6 is 11.6 Å². The minimum absolute atomic E-state index is 0.0187. The van der Waals surface area contributed by atoms with E-state index in [-0.39, 0.29) is 5.69 Å². The topological polar surface area (TPSA) is 64.4 Å². The molecule has 0 atom stereocenters. The van der Waals surface area contributed by atoms with Crippen molar-refractivity contribution in [2.75, 3.05) is 12.4 Å². The highest BCUT2D eigenvalue weighted by molar-refractivity contribution is 6.33. The number of hydrogen-bond acceptors (Lipinski definition) is 4. The molecule has 104 valence electrons. The lowest BCUT2D eigenvalue weighted by atomic mass is 10.2. The van der Waals surface area contributed by atoms with Crippen molar-refractivity contribution in [3.63, 3.8) is 0 Å². The van der Waals surface area contributed by atoms with Crippen molar-refractivity contribution in [3.05, 3.63) is 57.4 Å². The van der Waals surface area contributed by atoms with Crippen LogP contribution in [0.3, 0.4) is 0 Å². The molecule has 0 radical (unpaired) electrons. The second-order valence-electron chi connectivity index (χ2n) is 3.86. The van der Waals surface area contributed by atoms with Crippen LogP contribution < -0.4 is 10.1 Å². The highest BCUT2D eigenvalue weighted by Gasteiger charge is 2.20. The fourth-order valence-electron chi connectivity index (χ4n) is 1.67. The van der Waals surface area contributed by atoms with Crippen molar-refractivity contribution in [2.45, 2.75) is 0 Å². The zero-order valence-corrected chi connectivity index (χ0v) is 11.1. The van der Waals surface area contributed by atoms with E-state index in [1.54, 1.807) is 18.2 Å². The van der Waals surface area contributed by atoms with Gasteiger partial charge in [0.2, 0.25) is 5.82 Å². The minimum atomic E-state index is -0.918. The van der Waals surface area contributed by atoms with Gasteiger partial charge in [-0.15, -0.1) is 0 Å². The molecule has 0 aliphatic heterocycles. The fraction of sp³-hybridized carbons (Fsp3) is 0.0769. The Morgan fingerprint density at radius 2 is 2.05 bits per heavy atom. The lowest BCUT2D eigenvalue weighted by Gasteiger charge is -2.10. The van der Waals surface area contributed by atoms with E-state index in [0.29, 0.717) is 16.5 Å². The zero-order chi connectivity index (χ0) is 14.7. The summed E-state index contributed by atoms with van der Waals surface area (Å²) in [5.41, 5.74) is -0.226. The smallest absolute Gasteiger partial charge is 0.327 e. The van der Waals surface area contributed by atoms with Gasteiger partial charge in [0.1, 0.15) is 11.4 Å². The number of benzene rings is 2. The van der Waals surface area contributed by atoms with Crippen molar-refractivity contribution in [2.24, 2.45) is 0 Å². The number of nitro groups is 1. The monoisotopic (exact) mass is 296 g/mol. The molecule has 0 aliphatic carbocycles. The van der Waals surface area contributed by atoms with Crippen molar-refractivity contribution in [3.8, 4) is 5.75 Å². The lowest BCUT2D eigenvalue weighted by molar-refractivity contribution is -0.386. The Hall–Kier alpha value is -2.34. The van der Waals surface area contributed by atoms with Gasteiger partial charge in [-0.1, -0.05) is 17.7 Å². The van der Waals surface area contributed by atoms with E-state index in [2.05, 4.69) is 5.32 Å². The number of halogens is 2. The van der Waals surface area contributed by atoms with E-state index in [0.717, 1.165) is 6.07 Å². The van der Waals surface area contributed by atoms with E-state index in [9.17, 15) is 14.5 Å². The third-order valence-corrected chi connectivity index (χ3v) is 2.94. The number of rotatable bonds is 4. The van der Waals surface area contributed by atoms with Crippen LogP contribution in [-0.2, 0) is 0 Å². The van der Waals surface area contributed by atoms with E-state index in [1.165, 1.54) is 19.2 Å². The molecule has 1 N–H and O–H groups in total. The van der Waals surface area contributed by atoms with E-state index < -0.39 is 16.4 Å². The summed E-state index contributed by atoms with van der Waals surface area (Å²) in [7, 11) is 1.48. The van der Waals surface area contributed by atoms with Crippen molar-refractivity contribution < 1.29 is 14.1 Å². The van der Waals surface area contributed by atoms with E-state index in [4.69, 9.17) is 16.3 Å². The number of nitro benzene ring substituents is 1. The van der Waals surface area contributed by atoms with Crippen LogP contribution in [0.4, 0.5) is 21.5 Å². The number of para-hydroxylation sites is 1. The molecule has 5 nitrogen and oxygen atoms in total. The summed E-state index contributed by atoms with van der Waals surface area (Å²) in [6, 6.07) is 8.59. The zero-order valence-electron chi connectivity index (χ0n) is 10.4. The van der Waals surface area contributed by atoms with Gasteiger partial charge in [0.15, 0.2) is 0 Å². The largest absolute Gasteiger partial charge is 0.497 e. The predicted octanol–water partition coefficient (Wildman–Crippen LogP) is 4.14. The average molecular weight is 297 g/mol. The fourth-order valence-corrected chi connectivity index (χ4v) is 1.84. The normalized spacial score (nSPS) is 10.2. The molecule has 0 fully saturated rings. The van der Waals surface area contributed by atoms with Gasteiger partial charge in [0.05, 0.1) is 22.7 Å². The van der Waals surface area contributed by atoms with Crippen LogP contribution in [0.2, 0.25) is 5.02 Å². The third kappa shape index (κ3) is 2.80. The first kappa shape index (κ1) is 14.1. The Morgan fingerprint density at radius 3 is 2.70 bits per heavy atom. The molecule has 0 amide bonds. The van der Waals surface area contributed by atoms with Crippen LogP contribution in [0.5, 0.6) is 5.75 Å². The van der Waals surface area contributed by atoms with Gasteiger partial charge in [-0.25, -0.2) is 0 Å². The Morgan fingerprint density at radius 1 is 1.30 bits per heavy atom. The van der Waals surface area contributed by atoms with E-state index >= 15 is 0 Å². The maximum atomic E-state index is 13.5. The van der Waals surface area contributed by atoms with E-state index in [1.807, 2.05) is 0 Å². The van der Waals surface area contributed by atoms with Gasteiger partial charge in [-0.05, 0) is 24.3 Å². The Kier molecular flexibility index (Phi) is 4.05. The maximum absolute atomic E-state index is 13.5. The van der Waals surface area contributed by atoms with Crippen molar-refractivity contribution in [1.82, 2.24) is 0 Å². The summed E-state index contributed by atoms with van der Waals surface area (Å²) in [5, 5.41) is 14.0. The number of nitrogens with zero attached hydrogens (tertiary/aromatic N) is 1.